The number of unbranched alkanes of at least 4 members (excludes halogenated alkanes) is 2. The van der Waals surface area contributed by atoms with Crippen LogP contribution in [0, 0.1) is 5.92 Å². The molecule has 1 saturated carbocycles. The van der Waals surface area contributed by atoms with Gasteiger partial charge in [0.05, 0.1) is 0 Å². The van der Waals surface area contributed by atoms with E-state index in [4.69, 9.17) is 5.73 Å². The number of amides is 1. The van der Waals surface area contributed by atoms with Crippen LogP contribution in [0.4, 0.5) is 0 Å². The molecule has 1 fully saturated rings. The molecule has 1 aliphatic rings. The molecule has 26 heavy (non-hydrogen) atoms. The minimum Gasteiger partial charge on any atom is -0.366 e. The molecule has 0 aliphatic heterocycles. The van der Waals surface area contributed by atoms with Crippen LogP contribution in [0.2, 0.25) is 0 Å². The molecule has 3 rings (SSSR count). The van der Waals surface area contributed by atoms with E-state index >= 15 is 0 Å². The van der Waals surface area contributed by atoms with Crippen LogP contribution in [-0.2, 0) is 0 Å². The van der Waals surface area contributed by atoms with Gasteiger partial charge >= 0.3 is 0 Å². The highest BCUT2D eigenvalue weighted by molar-refractivity contribution is 5.93. The van der Waals surface area contributed by atoms with E-state index in [1.165, 1.54) is 68.1 Å². The molecular weight excluding hydrogens is 318 g/mol. The second kappa shape index (κ2) is 9.02. The van der Waals surface area contributed by atoms with Crippen molar-refractivity contribution in [3.8, 4) is 11.1 Å². The number of nitrogens with two attached hydrogens (primary N) is 1. The van der Waals surface area contributed by atoms with Crippen molar-refractivity contribution in [2.45, 2.75) is 64.2 Å². The normalized spacial score (nSPS) is 20.0. The van der Waals surface area contributed by atoms with E-state index in [1.54, 1.807) is 0 Å². The van der Waals surface area contributed by atoms with Crippen molar-refractivity contribution >= 4 is 5.91 Å². The number of rotatable bonds is 7. The van der Waals surface area contributed by atoms with Crippen molar-refractivity contribution in [2.75, 3.05) is 0 Å². The molecule has 0 unspecified atom stereocenters. The fourth-order valence-electron chi connectivity index (χ4n) is 4.38. The minimum atomic E-state index is -0.369. The lowest BCUT2D eigenvalue weighted by molar-refractivity contribution is 0.100. The molecule has 0 radical (unpaired) electrons. The zero-order chi connectivity index (χ0) is 18.4. The summed E-state index contributed by atoms with van der Waals surface area (Å²) in [5.41, 5.74) is 9.88. The molecule has 0 spiro atoms. The molecule has 2 aromatic rings. The molecule has 0 bridgehead atoms. The van der Waals surface area contributed by atoms with Crippen LogP contribution in [0.5, 0.6) is 0 Å². The molecule has 2 aromatic carbocycles. The van der Waals surface area contributed by atoms with Crippen molar-refractivity contribution in [1.82, 2.24) is 0 Å². The van der Waals surface area contributed by atoms with Gasteiger partial charge in [-0.25, -0.2) is 0 Å². The van der Waals surface area contributed by atoms with E-state index in [2.05, 4.69) is 31.2 Å². The number of hydrogen-bond donors (Lipinski definition) is 1. The lowest BCUT2D eigenvalue weighted by Gasteiger charge is -2.30. The fourth-order valence-corrected chi connectivity index (χ4v) is 4.38. The Bertz CT molecular complexity index is 711. The van der Waals surface area contributed by atoms with Gasteiger partial charge in [0.2, 0.25) is 5.91 Å². The first-order chi connectivity index (χ1) is 12.7. The lowest BCUT2D eigenvalue weighted by Crippen LogP contribution is -2.14. The summed E-state index contributed by atoms with van der Waals surface area (Å²) in [5, 5.41) is 0. The second-order valence-corrected chi connectivity index (χ2v) is 7.74. The number of primary amides is 1. The summed E-state index contributed by atoms with van der Waals surface area (Å²) in [7, 11) is 0. The molecular formula is C24H31NO. The van der Waals surface area contributed by atoms with Crippen molar-refractivity contribution in [3.63, 3.8) is 0 Å². The Morgan fingerprint density at radius 2 is 1.65 bits per heavy atom. The van der Waals surface area contributed by atoms with Gasteiger partial charge in [-0.3, -0.25) is 4.79 Å². The summed E-state index contributed by atoms with van der Waals surface area (Å²) < 4.78 is 0. The predicted molar refractivity (Wildman–Crippen MR) is 109 cm³/mol. The van der Waals surface area contributed by atoms with Crippen molar-refractivity contribution in [1.29, 1.82) is 0 Å². The molecule has 2 N–H and O–H groups in total. The van der Waals surface area contributed by atoms with Gasteiger partial charge < -0.3 is 5.73 Å². The highest BCUT2D eigenvalue weighted by Crippen LogP contribution is 2.41. The SMILES string of the molecule is CCCCCC1CCC(c2ccccc2-c2ccc(C(N)=O)cc2)CC1. The highest BCUT2D eigenvalue weighted by atomic mass is 16.1. The maximum atomic E-state index is 11.3. The minimum absolute atomic E-state index is 0.369. The molecule has 0 saturated heterocycles. The smallest absolute Gasteiger partial charge is 0.248 e. The van der Waals surface area contributed by atoms with Gasteiger partial charge in [-0.15, -0.1) is 0 Å². The molecule has 1 aliphatic carbocycles. The van der Waals surface area contributed by atoms with Crippen LogP contribution in [0.25, 0.3) is 11.1 Å². The average Bonchev–Trinajstić information content (AvgIpc) is 2.69. The van der Waals surface area contributed by atoms with Crippen molar-refractivity contribution in [2.24, 2.45) is 11.7 Å². The quantitative estimate of drug-likeness (QED) is 0.585. The maximum absolute atomic E-state index is 11.3. The predicted octanol–water partition coefficient (Wildman–Crippen LogP) is 6.31. The van der Waals surface area contributed by atoms with Gasteiger partial charge in [-0.1, -0.05) is 69.0 Å². The molecule has 0 heterocycles. The van der Waals surface area contributed by atoms with Gasteiger partial charge in [-0.2, -0.15) is 0 Å². The average molecular weight is 350 g/mol. The number of hydrogen-bond acceptors (Lipinski definition) is 1. The van der Waals surface area contributed by atoms with Crippen LogP contribution in [0.1, 0.15) is 80.1 Å². The van der Waals surface area contributed by atoms with Crippen LogP contribution in [0.15, 0.2) is 48.5 Å². The van der Waals surface area contributed by atoms with Gasteiger partial charge in [0, 0.05) is 5.56 Å². The van der Waals surface area contributed by atoms with Crippen LogP contribution in [0.3, 0.4) is 0 Å². The van der Waals surface area contributed by atoms with E-state index in [9.17, 15) is 4.79 Å². The summed E-state index contributed by atoms with van der Waals surface area (Å²) in [6, 6.07) is 16.5. The van der Waals surface area contributed by atoms with E-state index < -0.39 is 0 Å². The molecule has 1 amide bonds. The summed E-state index contributed by atoms with van der Waals surface area (Å²) >= 11 is 0. The van der Waals surface area contributed by atoms with Gasteiger partial charge in [-0.05, 0) is 66.3 Å². The van der Waals surface area contributed by atoms with E-state index in [0.29, 0.717) is 11.5 Å². The molecule has 2 heteroatoms. The topological polar surface area (TPSA) is 43.1 Å². The van der Waals surface area contributed by atoms with Crippen molar-refractivity contribution < 1.29 is 4.79 Å². The van der Waals surface area contributed by atoms with Crippen molar-refractivity contribution in [3.05, 3.63) is 59.7 Å². The number of carbonyl (C=O) groups is 1. The summed E-state index contributed by atoms with van der Waals surface area (Å²) in [6.45, 7) is 2.28. The number of benzene rings is 2. The lowest BCUT2D eigenvalue weighted by atomic mass is 9.75. The summed E-state index contributed by atoms with van der Waals surface area (Å²) in [5.74, 6) is 1.22. The summed E-state index contributed by atoms with van der Waals surface area (Å²) in [4.78, 5) is 11.3. The third kappa shape index (κ3) is 4.55. The Labute approximate surface area is 157 Å². The fraction of sp³-hybridized carbons (Fsp3) is 0.458. The molecule has 138 valence electrons. The van der Waals surface area contributed by atoms with E-state index in [1.807, 2.05) is 24.3 Å². The van der Waals surface area contributed by atoms with Gasteiger partial charge in [0.15, 0.2) is 0 Å². The third-order valence-corrected chi connectivity index (χ3v) is 5.94. The first-order valence-corrected chi connectivity index (χ1v) is 10.2. The standard InChI is InChI=1S/C24H31NO/c1-2-3-4-7-18-10-12-19(13-11-18)22-8-5-6-9-23(22)20-14-16-21(17-15-20)24(25)26/h5-6,8-9,14-19H,2-4,7,10-13H2,1H3,(H2,25,26). The Hall–Kier alpha value is -2.09. The zero-order valence-corrected chi connectivity index (χ0v) is 15.9. The molecule has 2 nitrogen and oxygen atoms in total. The summed E-state index contributed by atoms with van der Waals surface area (Å²) in [6.07, 6.45) is 10.8. The largest absolute Gasteiger partial charge is 0.366 e. The highest BCUT2D eigenvalue weighted by Gasteiger charge is 2.23. The van der Waals surface area contributed by atoms with Gasteiger partial charge in [0.25, 0.3) is 0 Å². The second-order valence-electron chi connectivity index (χ2n) is 7.74. The number of carbonyl (C=O) groups excluding carboxylic acids is 1. The Balaban J connectivity index is 1.71. The third-order valence-electron chi connectivity index (χ3n) is 5.94. The Morgan fingerprint density at radius 3 is 2.31 bits per heavy atom. The zero-order valence-electron chi connectivity index (χ0n) is 15.9. The Kier molecular flexibility index (Phi) is 6.49. The first kappa shape index (κ1) is 18.7. The van der Waals surface area contributed by atoms with E-state index in [0.717, 1.165) is 5.92 Å². The molecule has 0 aromatic heterocycles. The van der Waals surface area contributed by atoms with Crippen LogP contribution < -0.4 is 5.73 Å². The Morgan fingerprint density at radius 1 is 0.962 bits per heavy atom. The van der Waals surface area contributed by atoms with Gasteiger partial charge in [0.1, 0.15) is 0 Å². The van der Waals surface area contributed by atoms with E-state index in [-0.39, 0.29) is 5.91 Å². The van der Waals surface area contributed by atoms with Crippen LogP contribution >= 0.6 is 0 Å². The monoisotopic (exact) mass is 349 g/mol. The maximum Gasteiger partial charge on any atom is 0.248 e. The van der Waals surface area contributed by atoms with Crippen LogP contribution in [-0.4, -0.2) is 5.91 Å². The first-order valence-electron chi connectivity index (χ1n) is 10.2. The molecule has 0 atom stereocenters.